The van der Waals surface area contributed by atoms with Crippen LogP contribution in [0.5, 0.6) is 0 Å². The Morgan fingerprint density at radius 2 is 2.11 bits per heavy atom. The van der Waals surface area contributed by atoms with Gasteiger partial charge in [0.05, 0.1) is 26.9 Å². The number of carbonyl (C=O) groups excluding carboxylic acids is 1. The number of amides is 1. The van der Waals surface area contributed by atoms with E-state index in [0.717, 1.165) is 17.8 Å². The molecule has 2 heterocycles. The van der Waals surface area contributed by atoms with E-state index in [9.17, 15) is 23.2 Å². The summed E-state index contributed by atoms with van der Waals surface area (Å²) in [6.07, 6.45) is -4.01. The highest BCUT2D eigenvalue weighted by Crippen LogP contribution is 2.39. The third-order valence-corrected chi connectivity index (χ3v) is 6.16. The molecule has 0 aromatic carbocycles. The lowest BCUT2D eigenvalue weighted by molar-refractivity contribution is -0.138. The summed E-state index contributed by atoms with van der Waals surface area (Å²) in [4.78, 5) is 17.3. The lowest BCUT2D eigenvalue weighted by Crippen LogP contribution is -2.46. The summed E-state index contributed by atoms with van der Waals surface area (Å²) in [6.45, 7) is 7.23. The maximum Gasteiger partial charge on any atom is 0.417 e. The van der Waals surface area contributed by atoms with Gasteiger partial charge in [-0.05, 0) is 44.7 Å². The van der Waals surface area contributed by atoms with Gasteiger partial charge in [0, 0.05) is 5.54 Å². The second-order valence-electron chi connectivity index (χ2n) is 6.81. The minimum atomic E-state index is -4.70. The van der Waals surface area contributed by atoms with Gasteiger partial charge < -0.3 is 5.32 Å². The van der Waals surface area contributed by atoms with Crippen LogP contribution in [-0.2, 0) is 11.0 Å². The fraction of sp³-hybridized carbons (Fsp3) is 0.421. The van der Waals surface area contributed by atoms with Gasteiger partial charge in [-0.15, -0.1) is 11.3 Å². The molecule has 2 rings (SSSR count). The van der Waals surface area contributed by atoms with E-state index in [1.165, 1.54) is 11.3 Å². The molecule has 4 nitrogen and oxygen atoms in total. The number of aromatic nitrogens is 1. The third-order valence-electron chi connectivity index (χ3n) is 4.18. The molecule has 0 bridgehead atoms. The summed E-state index contributed by atoms with van der Waals surface area (Å²) in [5.74, 6) is -0.322. The van der Waals surface area contributed by atoms with Crippen molar-refractivity contribution in [2.75, 3.05) is 0 Å². The molecule has 0 radical (unpaired) electrons. The lowest BCUT2D eigenvalue weighted by Gasteiger charge is -2.26. The summed E-state index contributed by atoms with van der Waals surface area (Å²) < 4.78 is 40.6. The van der Waals surface area contributed by atoms with Crippen LogP contribution in [0.4, 0.5) is 13.2 Å². The predicted octanol–water partition coefficient (Wildman–Crippen LogP) is 5.49. The number of nitrogens with zero attached hydrogens (tertiary/aromatic N) is 2. The van der Waals surface area contributed by atoms with Crippen molar-refractivity contribution < 1.29 is 18.0 Å². The number of alkyl halides is 3. The van der Waals surface area contributed by atoms with Crippen LogP contribution in [0.1, 0.15) is 45.2 Å². The Bertz CT molecular complexity index is 887. The number of nitrogens with one attached hydrogen (secondary N) is 1. The fourth-order valence-electron chi connectivity index (χ4n) is 2.23. The molecule has 0 saturated heterocycles. The van der Waals surface area contributed by atoms with Gasteiger partial charge in [0.25, 0.3) is 0 Å². The molecule has 1 unspecified atom stereocenters. The van der Waals surface area contributed by atoms with Crippen molar-refractivity contribution in [3.8, 4) is 16.6 Å². The van der Waals surface area contributed by atoms with Gasteiger partial charge in [0.1, 0.15) is 11.1 Å². The largest absolute Gasteiger partial charge is 0.417 e. The highest BCUT2D eigenvalue weighted by molar-refractivity contribution is 8.00. The Hall–Kier alpha value is -2.05. The number of thioether (sulfide) groups is 1. The van der Waals surface area contributed by atoms with E-state index in [0.29, 0.717) is 11.3 Å². The van der Waals surface area contributed by atoms with Crippen LogP contribution in [-0.4, -0.2) is 21.7 Å². The molecule has 0 fully saturated rings. The molecule has 0 spiro atoms. The molecular weight excluding hydrogens is 407 g/mol. The Balaban J connectivity index is 2.46. The Labute approximate surface area is 170 Å². The summed E-state index contributed by atoms with van der Waals surface area (Å²) in [5, 5.41) is 13.1. The molecular formula is C19H20F3N3OS2. The molecule has 0 aliphatic heterocycles. The number of thiophene rings is 1. The number of hydrogen-bond donors (Lipinski definition) is 1. The van der Waals surface area contributed by atoms with E-state index in [-0.39, 0.29) is 16.6 Å². The van der Waals surface area contributed by atoms with Gasteiger partial charge in [0.2, 0.25) is 5.91 Å². The Morgan fingerprint density at radius 3 is 2.61 bits per heavy atom. The van der Waals surface area contributed by atoms with Crippen LogP contribution in [0.2, 0.25) is 0 Å². The number of rotatable bonds is 6. The van der Waals surface area contributed by atoms with Crippen molar-refractivity contribution in [1.82, 2.24) is 10.3 Å². The van der Waals surface area contributed by atoms with Gasteiger partial charge >= 0.3 is 6.18 Å². The third kappa shape index (κ3) is 5.26. The smallest absolute Gasteiger partial charge is 0.350 e. The molecule has 150 valence electrons. The SMILES string of the molecule is CCC(C)(C)NC(=O)C(C)Sc1nc(-c2cccs2)cc(C(F)(F)F)c1C#N. The van der Waals surface area contributed by atoms with Crippen LogP contribution in [0.25, 0.3) is 10.6 Å². The van der Waals surface area contributed by atoms with Gasteiger partial charge in [-0.3, -0.25) is 4.79 Å². The van der Waals surface area contributed by atoms with Crippen molar-refractivity contribution in [1.29, 1.82) is 5.26 Å². The normalized spacial score (nSPS) is 13.1. The van der Waals surface area contributed by atoms with Gasteiger partial charge in [-0.25, -0.2) is 4.98 Å². The average molecular weight is 428 g/mol. The van der Waals surface area contributed by atoms with Crippen molar-refractivity contribution >= 4 is 29.0 Å². The Morgan fingerprint density at radius 1 is 1.43 bits per heavy atom. The monoisotopic (exact) mass is 427 g/mol. The number of carbonyl (C=O) groups is 1. The zero-order chi connectivity index (χ0) is 21.1. The maximum atomic E-state index is 13.5. The van der Waals surface area contributed by atoms with Gasteiger partial charge in [-0.1, -0.05) is 24.8 Å². The molecule has 0 aliphatic carbocycles. The number of nitriles is 1. The quantitative estimate of drug-likeness (QED) is 0.620. The standard InChI is InChI=1S/C19H20F3N3OS2/c1-5-18(3,4)25-16(26)11(2)28-17-12(10-23)13(19(20,21)22)9-14(24-17)15-7-6-8-27-15/h6-9,11H,5H2,1-4H3,(H,25,26). The van der Waals surface area contributed by atoms with E-state index >= 15 is 0 Å². The summed E-state index contributed by atoms with van der Waals surface area (Å²) in [5.41, 5.74) is -1.91. The minimum absolute atomic E-state index is 0.0994. The summed E-state index contributed by atoms with van der Waals surface area (Å²) >= 11 is 2.11. The molecule has 1 amide bonds. The molecule has 0 saturated carbocycles. The molecule has 1 atom stereocenters. The van der Waals surface area contributed by atoms with Crippen LogP contribution >= 0.6 is 23.1 Å². The average Bonchev–Trinajstić information content (AvgIpc) is 3.14. The van der Waals surface area contributed by atoms with Crippen molar-refractivity contribution in [2.24, 2.45) is 0 Å². The fourth-order valence-corrected chi connectivity index (χ4v) is 3.85. The van der Waals surface area contributed by atoms with Crippen molar-refractivity contribution in [3.05, 3.63) is 34.7 Å². The van der Waals surface area contributed by atoms with E-state index in [2.05, 4.69) is 10.3 Å². The number of hydrogen-bond acceptors (Lipinski definition) is 5. The first-order chi connectivity index (χ1) is 13.0. The number of pyridine rings is 1. The topological polar surface area (TPSA) is 65.8 Å². The Kier molecular flexibility index (Phi) is 6.78. The molecule has 2 aromatic heterocycles. The van der Waals surface area contributed by atoms with E-state index in [1.807, 2.05) is 20.8 Å². The zero-order valence-corrected chi connectivity index (χ0v) is 17.5. The molecule has 1 N–H and O–H groups in total. The summed E-state index contributed by atoms with van der Waals surface area (Å²) in [7, 11) is 0. The van der Waals surface area contributed by atoms with Crippen LogP contribution in [0.3, 0.4) is 0 Å². The second-order valence-corrected chi connectivity index (χ2v) is 9.09. The predicted molar refractivity (Wildman–Crippen MR) is 105 cm³/mol. The highest BCUT2D eigenvalue weighted by atomic mass is 32.2. The van der Waals surface area contributed by atoms with Crippen LogP contribution in [0, 0.1) is 11.3 Å². The van der Waals surface area contributed by atoms with E-state index < -0.39 is 28.1 Å². The van der Waals surface area contributed by atoms with Crippen molar-refractivity contribution in [3.63, 3.8) is 0 Å². The van der Waals surface area contributed by atoms with Crippen LogP contribution < -0.4 is 5.32 Å². The van der Waals surface area contributed by atoms with Crippen molar-refractivity contribution in [2.45, 2.75) is 56.1 Å². The molecule has 28 heavy (non-hydrogen) atoms. The van der Waals surface area contributed by atoms with Gasteiger partial charge in [-0.2, -0.15) is 18.4 Å². The number of halogens is 3. The molecule has 0 aliphatic rings. The first-order valence-electron chi connectivity index (χ1n) is 8.53. The molecule has 2 aromatic rings. The lowest BCUT2D eigenvalue weighted by atomic mass is 10.0. The maximum absolute atomic E-state index is 13.5. The highest BCUT2D eigenvalue weighted by Gasteiger charge is 2.37. The van der Waals surface area contributed by atoms with Crippen LogP contribution in [0.15, 0.2) is 28.6 Å². The van der Waals surface area contributed by atoms with E-state index in [1.54, 1.807) is 30.5 Å². The summed E-state index contributed by atoms with van der Waals surface area (Å²) in [6, 6.07) is 5.88. The van der Waals surface area contributed by atoms with E-state index in [4.69, 9.17) is 0 Å². The van der Waals surface area contributed by atoms with Gasteiger partial charge in [0.15, 0.2) is 0 Å². The molecule has 9 heteroatoms. The second kappa shape index (κ2) is 8.53. The zero-order valence-electron chi connectivity index (χ0n) is 15.8. The first kappa shape index (κ1) is 22.2. The minimum Gasteiger partial charge on any atom is -0.350 e. The first-order valence-corrected chi connectivity index (χ1v) is 10.3.